The molecule has 1 heterocycles. The molecular weight excluding hydrogens is 280 g/mol. The lowest BCUT2D eigenvalue weighted by atomic mass is 9.80. The first-order chi connectivity index (χ1) is 10.3. The number of rotatable bonds is 4. The maximum absolute atomic E-state index is 6.24. The van der Waals surface area contributed by atoms with Crippen LogP contribution in [0, 0.1) is 11.8 Å². The third-order valence-electron chi connectivity index (χ3n) is 4.81. The first-order valence-electron chi connectivity index (χ1n) is 7.98. The lowest BCUT2D eigenvalue weighted by Crippen LogP contribution is -2.29. The maximum Gasteiger partial charge on any atom is 0.0761 e. The smallest absolute Gasteiger partial charge is 0.0761 e. The van der Waals surface area contributed by atoms with Crippen LogP contribution in [0.4, 0.5) is 0 Å². The number of hydrogen-bond acceptors (Lipinski definition) is 2. The van der Waals surface area contributed by atoms with Crippen molar-refractivity contribution in [3.8, 4) is 0 Å². The Balaban J connectivity index is 1.67. The van der Waals surface area contributed by atoms with Gasteiger partial charge in [0, 0.05) is 23.2 Å². The van der Waals surface area contributed by atoms with E-state index in [0.29, 0.717) is 0 Å². The number of pyridine rings is 1. The average Bonchev–Trinajstić information content (AvgIpc) is 2.52. The normalized spacial score (nSPS) is 22.6. The third kappa shape index (κ3) is 3.38. The van der Waals surface area contributed by atoms with Crippen LogP contribution in [-0.4, -0.2) is 11.5 Å². The van der Waals surface area contributed by atoms with E-state index in [-0.39, 0.29) is 0 Å². The van der Waals surface area contributed by atoms with Gasteiger partial charge in [0.05, 0.1) is 5.52 Å². The van der Waals surface area contributed by atoms with E-state index in [1.165, 1.54) is 31.2 Å². The fourth-order valence-electron chi connectivity index (χ4n) is 3.43. The molecule has 3 heteroatoms. The Bertz CT molecular complexity index is 611. The molecule has 1 aromatic carbocycles. The molecule has 1 aliphatic rings. The van der Waals surface area contributed by atoms with Gasteiger partial charge in [0.25, 0.3) is 0 Å². The number of benzene rings is 1. The van der Waals surface area contributed by atoms with Crippen molar-refractivity contribution in [1.29, 1.82) is 0 Å². The van der Waals surface area contributed by atoms with Crippen LogP contribution in [0.5, 0.6) is 0 Å². The highest BCUT2D eigenvalue weighted by molar-refractivity contribution is 6.35. The molecule has 2 aromatic rings. The third-order valence-corrected chi connectivity index (χ3v) is 5.14. The molecule has 1 aliphatic carbocycles. The Morgan fingerprint density at radius 1 is 1.24 bits per heavy atom. The Kier molecular flexibility index (Phi) is 4.77. The summed E-state index contributed by atoms with van der Waals surface area (Å²) < 4.78 is 0. The minimum atomic E-state index is 0.780. The largest absolute Gasteiger partial charge is 0.312 e. The predicted octanol–water partition coefficient (Wildman–Crippen LogP) is 4.80. The summed E-state index contributed by atoms with van der Waals surface area (Å²) in [4.78, 5) is 4.50. The Morgan fingerprint density at radius 3 is 2.95 bits per heavy atom. The Hall–Kier alpha value is -1.12. The van der Waals surface area contributed by atoms with E-state index in [4.69, 9.17) is 11.6 Å². The van der Waals surface area contributed by atoms with Crippen LogP contribution in [-0.2, 0) is 6.54 Å². The van der Waals surface area contributed by atoms with E-state index in [0.717, 1.165) is 40.9 Å². The molecule has 0 amide bonds. The van der Waals surface area contributed by atoms with Crippen molar-refractivity contribution in [2.24, 2.45) is 11.8 Å². The number of nitrogens with zero attached hydrogens (tertiary/aromatic N) is 1. The standard InChI is InChI=1S/C18H23ClN2/c1-13-5-2-3-6-14(13)11-20-12-15-8-9-17(19)16-7-4-10-21-18(15)16/h4,7-10,13-14,20H,2-3,5-6,11-12H2,1H3. The van der Waals surface area contributed by atoms with Gasteiger partial charge in [0.15, 0.2) is 0 Å². The van der Waals surface area contributed by atoms with Gasteiger partial charge in [0.1, 0.15) is 0 Å². The topological polar surface area (TPSA) is 24.9 Å². The highest BCUT2D eigenvalue weighted by atomic mass is 35.5. The molecule has 1 fully saturated rings. The molecule has 21 heavy (non-hydrogen) atoms. The number of halogens is 1. The van der Waals surface area contributed by atoms with Crippen LogP contribution < -0.4 is 5.32 Å². The summed E-state index contributed by atoms with van der Waals surface area (Å²) in [5.74, 6) is 1.68. The molecule has 0 saturated heterocycles. The highest BCUT2D eigenvalue weighted by Crippen LogP contribution is 2.29. The van der Waals surface area contributed by atoms with Crippen LogP contribution in [0.15, 0.2) is 30.5 Å². The SMILES string of the molecule is CC1CCCCC1CNCc1ccc(Cl)c2cccnc12. The van der Waals surface area contributed by atoms with E-state index < -0.39 is 0 Å². The first kappa shape index (κ1) is 14.8. The summed E-state index contributed by atoms with van der Waals surface area (Å²) in [6.07, 6.45) is 7.39. The Morgan fingerprint density at radius 2 is 2.10 bits per heavy atom. The van der Waals surface area contributed by atoms with Crippen molar-refractivity contribution < 1.29 is 0 Å². The molecular formula is C18H23ClN2. The summed E-state index contributed by atoms with van der Waals surface area (Å²) >= 11 is 6.24. The number of hydrogen-bond donors (Lipinski definition) is 1. The maximum atomic E-state index is 6.24. The van der Waals surface area contributed by atoms with Gasteiger partial charge in [-0.05, 0) is 48.6 Å². The molecule has 0 aliphatic heterocycles. The summed E-state index contributed by atoms with van der Waals surface area (Å²) in [7, 11) is 0. The molecule has 0 radical (unpaired) electrons. The van der Waals surface area contributed by atoms with Crippen LogP contribution >= 0.6 is 11.6 Å². The molecule has 2 atom stereocenters. The summed E-state index contributed by atoms with van der Waals surface area (Å²) in [6.45, 7) is 4.37. The fraction of sp³-hybridized carbons (Fsp3) is 0.500. The van der Waals surface area contributed by atoms with Crippen LogP contribution in [0.2, 0.25) is 5.02 Å². The summed E-state index contributed by atoms with van der Waals surface area (Å²) in [5.41, 5.74) is 2.26. The van der Waals surface area contributed by atoms with Crippen molar-refractivity contribution in [2.45, 2.75) is 39.2 Å². The first-order valence-corrected chi connectivity index (χ1v) is 8.36. The van der Waals surface area contributed by atoms with Crippen molar-refractivity contribution >= 4 is 22.5 Å². The summed E-state index contributed by atoms with van der Waals surface area (Å²) in [6, 6.07) is 8.05. The number of fused-ring (bicyclic) bond motifs is 1. The van der Waals surface area contributed by atoms with E-state index in [1.807, 2.05) is 24.4 Å². The van der Waals surface area contributed by atoms with Crippen LogP contribution in [0.1, 0.15) is 38.2 Å². The lowest BCUT2D eigenvalue weighted by Gasteiger charge is -2.29. The van der Waals surface area contributed by atoms with Crippen molar-refractivity contribution in [3.63, 3.8) is 0 Å². The van der Waals surface area contributed by atoms with Gasteiger partial charge >= 0.3 is 0 Å². The second-order valence-electron chi connectivity index (χ2n) is 6.26. The average molecular weight is 303 g/mol. The molecule has 2 unspecified atom stereocenters. The quantitative estimate of drug-likeness (QED) is 0.877. The zero-order valence-electron chi connectivity index (χ0n) is 12.6. The van der Waals surface area contributed by atoms with Crippen molar-refractivity contribution in [1.82, 2.24) is 10.3 Å². The van der Waals surface area contributed by atoms with Crippen LogP contribution in [0.3, 0.4) is 0 Å². The highest BCUT2D eigenvalue weighted by Gasteiger charge is 2.20. The van der Waals surface area contributed by atoms with Gasteiger partial charge in [-0.25, -0.2) is 0 Å². The van der Waals surface area contributed by atoms with E-state index >= 15 is 0 Å². The second-order valence-corrected chi connectivity index (χ2v) is 6.67. The van der Waals surface area contributed by atoms with Crippen LogP contribution in [0.25, 0.3) is 10.9 Å². The molecule has 112 valence electrons. The van der Waals surface area contributed by atoms with E-state index in [9.17, 15) is 0 Å². The number of nitrogens with one attached hydrogen (secondary N) is 1. The fourth-order valence-corrected chi connectivity index (χ4v) is 3.64. The Labute approximate surface area is 131 Å². The van der Waals surface area contributed by atoms with E-state index in [2.05, 4.69) is 23.3 Å². The van der Waals surface area contributed by atoms with Crippen molar-refractivity contribution in [3.05, 3.63) is 41.0 Å². The minimum Gasteiger partial charge on any atom is -0.312 e. The molecule has 1 saturated carbocycles. The van der Waals surface area contributed by atoms with Gasteiger partial charge < -0.3 is 5.32 Å². The van der Waals surface area contributed by atoms with Gasteiger partial charge in [-0.3, -0.25) is 4.98 Å². The minimum absolute atomic E-state index is 0.780. The van der Waals surface area contributed by atoms with E-state index in [1.54, 1.807) is 0 Å². The van der Waals surface area contributed by atoms with Gasteiger partial charge in [-0.2, -0.15) is 0 Å². The van der Waals surface area contributed by atoms with Gasteiger partial charge in [-0.1, -0.05) is 43.9 Å². The predicted molar refractivity (Wildman–Crippen MR) is 89.6 cm³/mol. The molecule has 1 N–H and O–H groups in total. The van der Waals surface area contributed by atoms with Gasteiger partial charge in [-0.15, -0.1) is 0 Å². The molecule has 0 spiro atoms. The zero-order chi connectivity index (χ0) is 14.7. The molecule has 1 aromatic heterocycles. The molecule has 3 rings (SSSR count). The van der Waals surface area contributed by atoms with Gasteiger partial charge in [0.2, 0.25) is 0 Å². The zero-order valence-corrected chi connectivity index (χ0v) is 13.4. The number of aromatic nitrogens is 1. The monoisotopic (exact) mass is 302 g/mol. The van der Waals surface area contributed by atoms with Crippen molar-refractivity contribution in [2.75, 3.05) is 6.54 Å². The molecule has 2 nitrogen and oxygen atoms in total. The second kappa shape index (κ2) is 6.76. The summed E-state index contributed by atoms with van der Waals surface area (Å²) in [5, 5.41) is 5.46. The molecule has 0 bridgehead atoms. The lowest BCUT2D eigenvalue weighted by molar-refractivity contribution is 0.248.